The lowest BCUT2D eigenvalue weighted by molar-refractivity contribution is -0.116. The molecule has 0 aliphatic heterocycles. The molecule has 0 unspecified atom stereocenters. The van der Waals surface area contributed by atoms with Gasteiger partial charge < -0.3 is 18.8 Å². The van der Waals surface area contributed by atoms with E-state index >= 15 is 0 Å². The number of carbonyl (C=O) groups is 1. The second-order valence-corrected chi connectivity index (χ2v) is 11.0. The SMILES string of the molecule is CCOP(=O)(Cc1ccc(NC(=O)CCc2oc(-c3ccccc3)nc2-c2ccc(Cl)cc2)cc1)OCC. The van der Waals surface area contributed by atoms with E-state index in [4.69, 9.17) is 30.0 Å². The van der Waals surface area contributed by atoms with Crippen LogP contribution in [-0.4, -0.2) is 24.1 Å². The van der Waals surface area contributed by atoms with E-state index < -0.39 is 7.60 Å². The van der Waals surface area contributed by atoms with Crippen molar-refractivity contribution in [3.63, 3.8) is 0 Å². The highest BCUT2D eigenvalue weighted by molar-refractivity contribution is 7.53. The summed E-state index contributed by atoms with van der Waals surface area (Å²) in [6, 6.07) is 24.2. The van der Waals surface area contributed by atoms with Crippen molar-refractivity contribution < 1.29 is 22.8 Å². The number of nitrogens with zero attached hydrogens (tertiary/aromatic N) is 1. The molecule has 198 valence electrons. The maximum Gasteiger partial charge on any atom is 0.335 e. The molecule has 1 heterocycles. The van der Waals surface area contributed by atoms with Gasteiger partial charge in [0.15, 0.2) is 0 Å². The Bertz CT molecular complexity index is 1380. The quantitative estimate of drug-likeness (QED) is 0.179. The number of rotatable bonds is 12. The summed E-state index contributed by atoms with van der Waals surface area (Å²) in [5, 5.41) is 3.54. The molecular weight excluding hydrogens is 523 g/mol. The van der Waals surface area contributed by atoms with Crippen LogP contribution in [0, 0.1) is 0 Å². The Kier molecular flexibility index (Phi) is 9.53. The van der Waals surface area contributed by atoms with Crippen LogP contribution in [0.4, 0.5) is 5.69 Å². The lowest BCUT2D eigenvalue weighted by Crippen LogP contribution is -2.12. The molecule has 7 nitrogen and oxygen atoms in total. The summed E-state index contributed by atoms with van der Waals surface area (Å²) in [7, 11) is -3.19. The molecule has 0 aliphatic carbocycles. The van der Waals surface area contributed by atoms with Crippen molar-refractivity contribution in [2.24, 2.45) is 0 Å². The molecule has 1 aromatic heterocycles. The van der Waals surface area contributed by atoms with Crippen LogP contribution in [0.5, 0.6) is 0 Å². The fourth-order valence-electron chi connectivity index (χ4n) is 3.95. The highest BCUT2D eigenvalue weighted by Gasteiger charge is 2.24. The van der Waals surface area contributed by atoms with Crippen LogP contribution in [-0.2, 0) is 31.0 Å². The van der Waals surface area contributed by atoms with Gasteiger partial charge in [-0.2, -0.15) is 0 Å². The van der Waals surface area contributed by atoms with Gasteiger partial charge in [0, 0.05) is 34.7 Å². The monoisotopic (exact) mass is 552 g/mol. The summed E-state index contributed by atoms with van der Waals surface area (Å²) in [6.45, 7) is 4.18. The molecule has 0 aliphatic rings. The number of nitrogens with one attached hydrogen (secondary N) is 1. The zero-order chi connectivity index (χ0) is 27.0. The summed E-state index contributed by atoms with van der Waals surface area (Å²) < 4.78 is 29.6. The normalized spacial score (nSPS) is 11.4. The standard InChI is InChI=1S/C29H30ClN2O5P/c1-3-35-38(34,36-4-2)20-21-10-16-25(17-11-21)31-27(33)19-18-26-28(22-12-14-24(30)15-13-22)32-29(37-26)23-8-6-5-7-9-23/h5-17H,3-4,18-20H2,1-2H3,(H,31,33). The molecule has 0 bridgehead atoms. The lowest BCUT2D eigenvalue weighted by Gasteiger charge is -2.17. The van der Waals surface area contributed by atoms with Crippen molar-refractivity contribution in [3.05, 3.63) is 95.2 Å². The number of hydrogen-bond donors (Lipinski definition) is 1. The predicted molar refractivity (Wildman–Crippen MR) is 150 cm³/mol. The fraction of sp³-hybridized carbons (Fsp3) is 0.241. The van der Waals surface area contributed by atoms with E-state index in [2.05, 4.69) is 5.32 Å². The average Bonchev–Trinajstić information content (AvgIpc) is 3.34. The minimum Gasteiger partial charge on any atom is -0.440 e. The number of aryl methyl sites for hydroxylation is 1. The third kappa shape index (κ3) is 7.42. The van der Waals surface area contributed by atoms with E-state index in [9.17, 15) is 9.36 Å². The van der Waals surface area contributed by atoms with Gasteiger partial charge in [0.05, 0.1) is 19.4 Å². The average molecular weight is 553 g/mol. The number of anilines is 1. The van der Waals surface area contributed by atoms with Gasteiger partial charge in [-0.15, -0.1) is 0 Å². The summed E-state index contributed by atoms with van der Waals surface area (Å²) in [6.07, 6.45) is 0.745. The Morgan fingerprint density at radius 2 is 1.58 bits per heavy atom. The Morgan fingerprint density at radius 1 is 0.921 bits per heavy atom. The molecule has 3 aromatic carbocycles. The molecule has 1 amide bonds. The largest absolute Gasteiger partial charge is 0.440 e. The number of halogens is 1. The molecule has 4 aromatic rings. The van der Waals surface area contributed by atoms with Gasteiger partial charge in [-0.05, 0) is 55.8 Å². The van der Waals surface area contributed by atoms with Gasteiger partial charge in [0.1, 0.15) is 11.5 Å². The Morgan fingerprint density at radius 3 is 2.21 bits per heavy atom. The van der Waals surface area contributed by atoms with Gasteiger partial charge in [-0.25, -0.2) is 4.98 Å². The summed E-state index contributed by atoms with van der Waals surface area (Å²) in [5.74, 6) is 0.962. The molecule has 0 fully saturated rings. The number of aromatic nitrogens is 1. The number of benzene rings is 3. The van der Waals surface area contributed by atoms with Gasteiger partial charge in [-0.1, -0.05) is 54.1 Å². The van der Waals surface area contributed by atoms with Crippen molar-refractivity contribution in [2.45, 2.75) is 32.9 Å². The first-order chi connectivity index (χ1) is 18.4. The minimum atomic E-state index is -3.19. The number of carbonyl (C=O) groups excluding carboxylic acids is 1. The van der Waals surface area contributed by atoms with Crippen LogP contribution < -0.4 is 5.32 Å². The van der Waals surface area contributed by atoms with Crippen molar-refractivity contribution in [1.29, 1.82) is 0 Å². The molecule has 1 N–H and O–H groups in total. The summed E-state index contributed by atoms with van der Waals surface area (Å²) in [4.78, 5) is 17.5. The predicted octanol–water partition coefficient (Wildman–Crippen LogP) is 8.00. The molecule has 4 rings (SSSR count). The topological polar surface area (TPSA) is 90.7 Å². The van der Waals surface area contributed by atoms with Gasteiger partial charge in [0.25, 0.3) is 0 Å². The van der Waals surface area contributed by atoms with Crippen LogP contribution in [0.2, 0.25) is 5.02 Å². The maximum atomic E-state index is 12.8. The molecular formula is C29H30ClN2O5P. The van der Waals surface area contributed by atoms with Crippen molar-refractivity contribution >= 4 is 30.8 Å². The number of hydrogen-bond acceptors (Lipinski definition) is 6. The van der Waals surface area contributed by atoms with Gasteiger partial charge >= 0.3 is 7.60 Å². The molecule has 0 radical (unpaired) electrons. The first-order valence-electron chi connectivity index (χ1n) is 12.5. The highest BCUT2D eigenvalue weighted by atomic mass is 35.5. The fourth-order valence-corrected chi connectivity index (χ4v) is 5.78. The second-order valence-electron chi connectivity index (χ2n) is 8.51. The summed E-state index contributed by atoms with van der Waals surface area (Å²) >= 11 is 6.07. The number of oxazole rings is 1. The van der Waals surface area contributed by atoms with E-state index in [0.29, 0.717) is 47.7 Å². The minimum absolute atomic E-state index is 0.160. The number of amides is 1. The van der Waals surface area contributed by atoms with Crippen LogP contribution in [0.3, 0.4) is 0 Å². The van der Waals surface area contributed by atoms with Crippen LogP contribution in [0.1, 0.15) is 31.6 Å². The summed E-state index contributed by atoms with van der Waals surface area (Å²) in [5.41, 5.74) is 3.85. The zero-order valence-corrected chi connectivity index (χ0v) is 23.0. The lowest BCUT2D eigenvalue weighted by atomic mass is 10.1. The maximum absolute atomic E-state index is 12.8. The van der Waals surface area contributed by atoms with Crippen molar-refractivity contribution in [1.82, 2.24) is 4.98 Å². The second kappa shape index (κ2) is 13.0. The third-order valence-electron chi connectivity index (χ3n) is 5.68. The Hall–Kier alpha value is -3.22. The Balaban J connectivity index is 1.43. The first kappa shape index (κ1) is 27.8. The molecule has 0 saturated heterocycles. The van der Waals surface area contributed by atoms with Crippen LogP contribution >= 0.6 is 19.2 Å². The van der Waals surface area contributed by atoms with Gasteiger partial charge in [0.2, 0.25) is 11.8 Å². The van der Waals surface area contributed by atoms with E-state index in [1.807, 2.05) is 54.6 Å². The third-order valence-corrected chi connectivity index (χ3v) is 7.99. The molecule has 0 spiro atoms. The molecule has 38 heavy (non-hydrogen) atoms. The van der Waals surface area contributed by atoms with Crippen molar-refractivity contribution in [2.75, 3.05) is 18.5 Å². The first-order valence-corrected chi connectivity index (χ1v) is 14.6. The molecule has 9 heteroatoms. The van der Waals surface area contributed by atoms with Crippen LogP contribution in [0.25, 0.3) is 22.7 Å². The van der Waals surface area contributed by atoms with E-state index in [0.717, 1.165) is 16.7 Å². The van der Waals surface area contributed by atoms with Crippen LogP contribution in [0.15, 0.2) is 83.3 Å². The van der Waals surface area contributed by atoms with E-state index in [1.54, 1.807) is 38.1 Å². The van der Waals surface area contributed by atoms with E-state index in [-0.39, 0.29) is 18.5 Å². The van der Waals surface area contributed by atoms with Gasteiger partial charge in [-0.3, -0.25) is 9.36 Å². The smallest absolute Gasteiger partial charge is 0.335 e. The Labute approximate surface area is 227 Å². The van der Waals surface area contributed by atoms with E-state index in [1.165, 1.54) is 0 Å². The highest BCUT2D eigenvalue weighted by Crippen LogP contribution is 2.51. The molecule has 0 atom stereocenters. The van der Waals surface area contributed by atoms with Crippen molar-refractivity contribution in [3.8, 4) is 22.7 Å². The zero-order valence-electron chi connectivity index (χ0n) is 21.4. The molecule has 0 saturated carbocycles.